The lowest BCUT2D eigenvalue weighted by Crippen LogP contribution is -2.12. The number of carbonyl (C=O) groups excluding carboxylic acids is 1. The van der Waals surface area contributed by atoms with Crippen molar-refractivity contribution in [3.05, 3.63) is 84.1 Å². The number of hydrogen-bond acceptors (Lipinski definition) is 5. The number of hydrogen-bond donors (Lipinski definition) is 2. The lowest BCUT2D eigenvalue weighted by molar-refractivity contribution is 0.102. The number of imidazole rings is 1. The molecule has 0 aliphatic carbocycles. The third-order valence-electron chi connectivity index (χ3n) is 4.88. The fraction of sp³-hybridized carbons (Fsp3) is 0.174. The lowest BCUT2D eigenvalue weighted by atomic mass is 10.1. The zero-order valence-electron chi connectivity index (χ0n) is 17.3. The van der Waals surface area contributed by atoms with Gasteiger partial charge in [-0.2, -0.15) is 5.10 Å². The number of aromatic nitrogens is 4. The molecule has 1 amide bonds. The molecule has 8 nitrogen and oxygen atoms in total. The van der Waals surface area contributed by atoms with E-state index in [1.807, 2.05) is 47.2 Å². The maximum absolute atomic E-state index is 12.6. The van der Waals surface area contributed by atoms with Gasteiger partial charge >= 0.3 is 0 Å². The van der Waals surface area contributed by atoms with E-state index in [2.05, 4.69) is 20.5 Å². The first-order valence-electron chi connectivity index (χ1n) is 9.80. The molecule has 0 aliphatic heterocycles. The molecule has 2 heterocycles. The van der Waals surface area contributed by atoms with Crippen LogP contribution in [0.3, 0.4) is 0 Å². The van der Waals surface area contributed by atoms with Crippen LogP contribution in [0.2, 0.25) is 0 Å². The summed E-state index contributed by atoms with van der Waals surface area (Å²) in [5, 5.41) is 10.0. The van der Waals surface area contributed by atoms with Crippen LogP contribution in [-0.4, -0.2) is 39.9 Å². The summed E-state index contributed by atoms with van der Waals surface area (Å²) < 4.78 is 12.5. The Morgan fingerprint density at radius 2 is 1.87 bits per heavy atom. The van der Waals surface area contributed by atoms with Gasteiger partial charge < -0.3 is 19.4 Å². The third-order valence-corrected chi connectivity index (χ3v) is 4.88. The van der Waals surface area contributed by atoms with E-state index >= 15 is 0 Å². The number of methoxy groups -OCH3 is 2. The second-order valence-electron chi connectivity index (χ2n) is 6.97. The molecule has 0 saturated heterocycles. The number of aromatic amines is 1. The van der Waals surface area contributed by atoms with Crippen LogP contribution >= 0.6 is 0 Å². The number of amides is 1. The van der Waals surface area contributed by atoms with Gasteiger partial charge in [-0.05, 0) is 48.7 Å². The predicted octanol–water partition coefficient (Wildman–Crippen LogP) is 3.65. The zero-order chi connectivity index (χ0) is 21.6. The highest BCUT2D eigenvalue weighted by Crippen LogP contribution is 2.23. The Labute approximate surface area is 179 Å². The van der Waals surface area contributed by atoms with Crippen molar-refractivity contribution in [3.8, 4) is 17.2 Å². The molecule has 31 heavy (non-hydrogen) atoms. The van der Waals surface area contributed by atoms with Crippen LogP contribution in [-0.2, 0) is 12.8 Å². The molecule has 0 aliphatic rings. The van der Waals surface area contributed by atoms with Crippen molar-refractivity contribution in [2.75, 3.05) is 19.5 Å². The number of H-pyrrole nitrogens is 1. The van der Waals surface area contributed by atoms with Gasteiger partial charge in [0, 0.05) is 41.5 Å². The molecular formula is C23H23N5O3. The second kappa shape index (κ2) is 9.17. The Kier molecular flexibility index (Phi) is 5.98. The van der Waals surface area contributed by atoms with Gasteiger partial charge in [-0.3, -0.25) is 9.89 Å². The van der Waals surface area contributed by atoms with Crippen molar-refractivity contribution >= 4 is 11.7 Å². The van der Waals surface area contributed by atoms with E-state index in [0.29, 0.717) is 11.4 Å². The van der Waals surface area contributed by atoms with Crippen LogP contribution in [0.5, 0.6) is 11.5 Å². The molecule has 2 aromatic heterocycles. The van der Waals surface area contributed by atoms with Crippen LogP contribution in [0.25, 0.3) is 5.69 Å². The standard InChI is InChI=1S/C23H23N5O3/c1-30-20-10-16(11-21(14-20)31-2)6-7-18-13-22(27-26-18)25-23(29)17-4-3-5-19(12-17)28-9-8-24-15-28/h3-5,8-15H,6-7H2,1-2H3,(H2,25,26,27,29). The summed E-state index contributed by atoms with van der Waals surface area (Å²) in [5.41, 5.74) is 3.41. The Hall–Kier alpha value is -4.07. The third kappa shape index (κ3) is 4.92. The summed E-state index contributed by atoms with van der Waals surface area (Å²) in [6.45, 7) is 0. The summed E-state index contributed by atoms with van der Waals surface area (Å²) in [6, 6.07) is 15.0. The van der Waals surface area contributed by atoms with Gasteiger partial charge in [0.1, 0.15) is 11.5 Å². The smallest absolute Gasteiger partial charge is 0.256 e. The Morgan fingerprint density at radius 3 is 2.58 bits per heavy atom. The molecule has 2 N–H and O–H groups in total. The van der Waals surface area contributed by atoms with Gasteiger partial charge in [0.05, 0.1) is 20.5 Å². The van der Waals surface area contributed by atoms with E-state index in [1.165, 1.54) is 0 Å². The number of ether oxygens (including phenoxy) is 2. The fourth-order valence-electron chi connectivity index (χ4n) is 3.25. The largest absolute Gasteiger partial charge is 0.497 e. The van der Waals surface area contributed by atoms with Crippen molar-refractivity contribution in [1.82, 2.24) is 19.7 Å². The van der Waals surface area contributed by atoms with E-state index < -0.39 is 0 Å². The molecule has 0 bridgehead atoms. The Bertz CT molecular complexity index is 1150. The molecule has 0 radical (unpaired) electrons. The van der Waals surface area contributed by atoms with Crippen LogP contribution in [0.15, 0.2) is 67.3 Å². The van der Waals surface area contributed by atoms with E-state index in [1.54, 1.807) is 38.9 Å². The summed E-state index contributed by atoms with van der Waals surface area (Å²) in [5.74, 6) is 1.77. The van der Waals surface area contributed by atoms with Gasteiger partial charge in [0.15, 0.2) is 5.82 Å². The summed E-state index contributed by atoms with van der Waals surface area (Å²) >= 11 is 0. The molecule has 0 unspecified atom stereocenters. The number of benzene rings is 2. The fourth-order valence-corrected chi connectivity index (χ4v) is 3.25. The van der Waals surface area contributed by atoms with Crippen molar-refractivity contribution in [2.24, 2.45) is 0 Å². The second-order valence-corrected chi connectivity index (χ2v) is 6.97. The monoisotopic (exact) mass is 417 g/mol. The van der Waals surface area contributed by atoms with E-state index in [9.17, 15) is 4.79 Å². The molecule has 4 rings (SSSR count). The maximum atomic E-state index is 12.6. The minimum Gasteiger partial charge on any atom is -0.497 e. The molecule has 0 spiro atoms. The average molecular weight is 417 g/mol. The van der Waals surface area contributed by atoms with Crippen LogP contribution in [0.1, 0.15) is 21.6 Å². The molecule has 0 saturated carbocycles. The number of nitrogens with one attached hydrogen (secondary N) is 2. The quantitative estimate of drug-likeness (QED) is 0.456. The first-order chi connectivity index (χ1) is 15.1. The zero-order valence-corrected chi connectivity index (χ0v) is 17.3. The number of carbonyl (C=O) groups is 1. The number of nitrogens with zero attached hydrogens (tertiary/aromatic N) is 3. The Morgan fingerprint density at radius 1 is 1.06 bits per heavy atom. The molecule has 158 valence electrons. The molecule has 4 aromatic rings. The highest BCUT2D eigenvalue weighted by atomic mass is 16.5. The van der Waals surface area contributed by atoms with E-state index in [0.717, 1.165) is 41.3 Å². The molecule has 2 aromatic carbocycles. The lowest BCUT2D eigenvalue weighted by Gasteiger charge is -2.08. The summed E-state index contributed by atoms with van der Waals surface area (Å²) in [7, 11) is 3.26. The van der Waals surface area contributed by atoms with Crippen LogP contribution in [0, 0.1) is 0 Å². The number of rotatable bonds is 8. The van der Waals surface area contributed by atoms with Gasteiger partial charge in [-0.1, -0.05) is 6.07 Å². The first-order valence-corrected chi connectivity index (χ1v) is 9.80. The van der Waals surface area contributed by atoms with Crippen molar-refractivity contribution in [2.45, 2.75) is 12.8 Å². The average Bonchev–Trinajstić information content (AvgIpc) is 3.50. The van der Waals surface area contributed by atoms with E-state index in [4.69, 9.17) is 9.47 Å². The first kappa shape index (κ1) is 20.2. The Balaban J connectivity index is 1.39. The van der Waals surface area contributed by atoms with Gasteiger partial charge in [0.2, 0.25) is 0 Å². The van der Waals surface area contributed by atoms with Crippen molar-refractivity contribution in [1.29, 1.82) is 0 Å². The SMILES string of the molecule is COc1cc(CCc2cc(NC(=O)c3cccc(-n4ccnc4)c3)n[nH]2)cc(OC)c1. The molecular weight excluding hydrogens is 394 g/mol. The summed E-state index contributed by atoms with van der Waals surface area (Å²) in [6.07, 6.45) is 6.72. The normalized spacial score (nSPS) is 10.6. The number of aryl methyl sites for hydroxylation is 2. The highest BCUT2D eigenvalue weighted by Gasteiger charge is 2.10. The summed E-state index contributed by atoms with van der Waals surface area (Å²) in [4.78, 5) is 16.7. The van der Waals surface area contributed by atoms with Gasteiger partial charge in [-0.15, -0.1) is 0 Å². The number of anilines is 1. The van der Waals surface area contributed by atoms with Gasteiger partial charge in [0.25, 0.3) is 5.91 Å². The van der Waals surface area contributed by atoms with Crippen molar-refractivity contribution < 1.29 is 14.3 Å². The topological polar surface area (TPSA) is 94.1 Å². The minimum atomic E-state index is -0.224. The maximum Gasteiger partial charge on any atom is 0.256 e. The van der Waals surface area contributed by atoms with Crippen LogP contribution < -0.4 is 14.8 Å². The molecule has 0 fully saturated rings. The highest BCUT2D eigenvalue weighted by molar-refractivity contribution is 6.04. The van der Waals surface area contributed by atoms with Gasteiger partial charge in [-0.25, -0.2) is 4.98 Å². The molecule has 0 atom stereocenters. The molecule has 8 heteroatoms. The van der Waals surface area contributed by atoms with E-state index in [-0.39, 0.29) is 5.91 Å². The van der Waals surface area contributed by atoms with Crippen molar-refractivity contribution in [3.63, 3.8) is 0 Å². The van der Waals surface area contributed by atoms with Crippen LogP contribution in [0.4, 0.5) is 5.82 Å². The minimum absolute atomic E-state index is 0.224. The predicted molar refractivity (Wildman–Crippen MR) is 117 cm³/mol.